The van der Waals surface area contributed by atoms with Crippen LogP contribution in [0.2, 0.25) is 0 Å². The first-order valence-electron chi connectivity index (χ1n) is 5.48. The molecule has 1 heterocycles. The van der Waals surface area contributed by atoms with Gasteiger partial charge in [-0.3, -0.25) is 9.59 Å². The van der Waals surface area contributed by atoms with E-state index in [9.17, 15) is 9.59 Å². The molecule has 0 aromatic carbocycles. The Morgan fingerprint density at radius 3 is 2.89 bits per heavy atom. The molecule has 0 radical (unpaired) electrons. The SMILES string of the molecule is CCn1cc(Br)cc1C(=O)NCCSCC(=O)O. The summed E-state index contributed by atoms with van der Waals surface area (Å²) in [6.07, 6.45) is 1.86. The van der Waals surface area contributed by atoms with Crippen molar-refractivity contribution in [2.75, 3.05) is 18.1 Å². The van der Waals surface area contributed by atoms with Gasteiger partial charge in [-0.2, -0.15) is 0 Å². The minimum absolute atomic E-state index is 0.0623. The summed E-state index contributed by atoms with van der Waals surface area (Å²) >= 11 is 4.61. The number of halogens is 1. The molecule has 5 nitrogen and oxygen atoms in total. The lowest BCUT2D eigenvalue weighted by molar-refractivity contribution is -0.133. The molecule has 1 rings (SSSR count). The first kappa shape index (κ1) is 15.1. The van der Waals surface area contributed by atoms with E-state index < -0.39 is 5.97 Å². The lowest BCUT2D eigenvalue weighted by Gasteiger charge is -2.07. The highest BCUT2D eigenvalue weighted by Gasteiger charge is 2.11. The Morgan fingerprint density at radius 2 is 2.28 bits per heavy atom. The van der Waals surface area contributed by atoms with E-state index in [4.69, 9.17) is 5.11 Å². The lowest BCUT2D eigenvalue weighted by Crippen LogP contribution is -2.28. The minimum Gasteiger partial charge on any atom is -0.481 e. The summed E-state index contributed by atoms with van der Waals surface area (Å²) in [6.45, 7) is 3.15. The second kappa shape index (κ2) is 7.48. The molecule has 0 spiro atoms. The molecule has 0 saturated carbocycles. The number of amides is 1. The normalized spacial score (nSPS) is 10.3. The average Bonchev–Trinajstić information content (AvgIpc) is 2.69. The van der Waals surface area contributed by atoms with Crippen LogP contribution in [0.3, 0.4) is 0 Å². The summed E-state index contributed by atoms with van der Waals surface area (Å²) < 4.78 is 2.72. The Hall–Kier alpha value is -0.950. The van der Waals surface area contributed by atoms with Crippen molar-refractivity contribution in [1.82, 2.24) is 9.88 Å². The smallest absolute Gasteiger partial charge is 0.313 e. The number of rotatable bonds is 7. The number of carbonyl (C=O) groups excluding carboxylic acids is 1. The number of nitrogens with zero attached hydrogens (tertiary/aromatic N) is 1. The maximum absolute atomic E-state index is 11.9. The molecule has 2 N–H and O–H groups in total. The van der Waals surface area contributed by atoms with Gasteiger partial charge in [0.1, 0.15) is 5.69 Å². The summed E-state index contributed by atoms with van der Waals surface area (Å²) in [6, 6.07) is 1.77. The van der Waals surface area contributed by atoms with E-state index in [2.05, 4.69) is 21.2 Å². The summed E-state index contributed by atoms with van der Waals surface area (Å²) in [5.41, 5.74) is 0.604. The number of carboxylic acid groups (broad SMARTS) is 1. The Kier molecular flexibility index (Phi) is 6.28. The van der Waals surface area contributed by atoms with Crippen LogP contribution in [0.1, 0.15) is 17.4 Å². The molecule has 1 aromatic rings. The molecule has 0 atom stereocenters. The third-order valence-corrected chi connectivity index (χ3v) is 3.57. The highest BCUT2D eigenvalue weighted by molar-refractivity contribution is 9.10. The van der Waals surface area contributed by atoms with Crippen LogP contribution in [-0.4, -0.2) is 39.6 Å². The van der Waals surface area contributed by atoms with E-state index in [1.165, 1.54) is 11.8 Å². The van der Waals surface area contributed by atoms with E-state index in [1.807, 2.05) is 17.7 Å². The van der Waals surface area contributed by atoms with Gasteiger partial charge in [-0.05, 0) is 28.9 Å². The Labute approximate surface area is 118 Å². The van der Waals surface area contributed by atoms with Gasteiger partial charge in [0.15, 0.2) is 0 Å². The van der Waals surface area contributed by atoms with E-state index in [-0.39, 0.29) is 11.7 Å². The molecular weight excluding hydrogens is 320 g/mol. The highest BCUT2D eigenvalue weighted by Crippen LogP contribution is 2.14. The number of aryl methyl sites for hydroxylation is 1. The number of hydrogen-bond acceptors (Lipinski definition) is 3. The maximum atomic E-state index is 11.9. The topological polar surface area (TPSA) is 71.3 Å². The fourth-order valence-electron chi connectivity index (χ4n) is 1.41. The molecule has 1 aromatic heterocycles. The fourth-order valence-corrected chi connectivity index (χ4v) is 2.44. The quantitative estimate of drug-likeness (QED) is 0.746. The van der Waals surface area contributed by atoms with Gasteiger partial charge in [-0.25, -0.2) is 0 Å². The van der Waals surface area contributed by atoms with Crippen LogP contribution in [0.25, 0.3) is 0 Å². The molecule has 0 bridgehead atoms. The zero-order valence-corrected chi connectivity index (χ0v) is 12.4. The zero-order chi connectivity index (χ0) is 13.5. The van der Waals surface area contributed by atoms with Crippen LogP contribution in [0.4, 0.5) is 0 Å². The van der Waals surface area contributed by atoms with Crippen LogP contribution >= 0.6 is 27.7 Å². The second-order valence-electron chi connectivity index (χ2n) is 3.53. The number of thioether (sulfide) groups is 1. The van der Waals surface area contributed by atoms with E-state index >= 15 is 0 Å². The lowest BCUT2D eigenvalue weighted by atomic mass is 10.4. The molecular formula is C11H15BrN2O3S. The van der Waals surface area contributed by atoms with E-state index in [1.54, 1.807) is 6.07 Å². The third kappa shape index (κ3) is 4.73. The number of aliphatic carboxylic acids is 1. The number of aromatic nitrogens is 1. The maximum Gasteiger partial charge on any atom is 0.313 e. The van der Waals surface area contributed by atoms with Crippen molar-refractivity contribution >= 4 is 39.6 Å². The predicted octanol–water partition coefficient (Wildman–Crippen LogP) is 1.82. The first-order valence-corrected chi connectivity index (χ1v) is 7.42. The minimum atomic E-state index is -0.838. The van der Waals surface area contributed by atoms with Crippen molar-refractivity contribution in [3.05, 3.63) is 22.4 Å². The molecule has 0 aliphatic rings. The standard InChI is InChI=1S/C11H15BrN2O3S/c1-2-14-6-8(12)5-9(14)11(17)13-3-4-18-7-10(15)16/h5-6H,2-4,7H2,1H3,(H,13,17)(H,15,16). The monoisotopic (exact) mass is 334 g/mol. The van der Waals surface area contributed by atoms with Crippen LogP contribution < -0.4 is 5.32 Å². The van der Waals surface area contributed by atoms with Gasteiger partial charge >= 0.3 is 5.97 Å². The van der Waals surface area contributed by atoms with Crippen LogP contribution in [0.15, 0.2) is 16.7 Å². The first-order chi connectivity index (χ1) is 8.54. The molecule has 0 fully saturated rings. The number of carboxylic acids is 1. The Morgan fingerprint density at radius 1 is 1.56 bits per heavy atom. The van der Waals surface area contributed by atoms with Gasteiger partial charge < -0.3 is 15.0 Å². The average molecular weight is 335 g/mol. The Balaban J connectivity index is 2.38. The predicted molar refractivity (Wildman–Crippen MR) is 75.1 cm³/mol. The molecule has 7 heteroatoms. The van der Waals surface area contributed by atoms with Gasteiger partial charge in [0.05, 0.1) is 5.75 Å². The van der Waals surface area contributed by atoms with Crippen molar-refractivity contribution in [3.63, 3.8) is 0 Å². The molecule has 0 saturated heterocycles. The summed E-state index contributed by atoms with van der Waals surface area (Å²) in [4.78, 5) is 22.1. The van der Waals surface area contributed by atoms with Crippen LogP contribution in [-0.2, 0) is 11.3 Å². The van der Waals surface area contributed by atoms with E-state index in [0.29, 0.717) is 18.0 Å². The summed E-state index contributed by atoms with van der Waals surface area (Å²) in [7, 11) is 0. The number of carbonyl (C=O) groups is 2. The van der Waals surface area contributed by atoms with Gasteiger partial charge in [-0.15, -0.1) is 11.8 Å². The van der Waals surface area contributed by atoms with Crippen LogP contribution in [0.5, 0.6) is 0 Å². The zero-order valence-electron chi connectivity index (χ0n) is 9.98. The van der Waals surface area contributed by atoms with Crippen molar-refractivity contribution in [3.8, 4) is 0 Å². The number of nitrogens with one attached hydrogen (secondary N) is 1. The molecule has 0 aliphatic heterocycles. The van der Waals surface area contributed by atoms with Crippen molar-refractivity contribution in [1.29, 1.82) is 0 Å². The van der Waals surface area contributed by atoms with Gasteiger partial charge in [0.2, 0.25) is 0 Å². The summed E-state index contributed by atoms with van der Waals surface area (Å²) in [5, 5.41) is 11.2. The van der Waals surface area contributed by atoms with Gasteiger partial charge in [-0.1, -0.05) is 0 Å². The highest BCUT2D eigenvalue weighted by atomic mass is 79.9. The number of hydrogen-bond donors (Lipinski definition) is 2. The van der Waals surface area contributed by atoms with Gasteiger partial charge in [0.25, 0.3) is 5.91 Å². The molecule has 100 valence electrons. The van der Waals surface area contributed by atoms with Crippen molar-refractivity contribution in [2.45, 2.75) is 13.5 Å². The van der Waals surface area contributed by atoms with Crippen molar-refractivity contribution in [2.24, 2.45) is 0 Å². The summed E-state index contributed by atoms with van der Waals surface area (Å²) in [5.74, 6) is -0.327. The van der Waals surface area contributed by atoms with E-state index in [0.717, 1.165) is 11.0 Å². The second-order valence-corrected chi connectivity index (χ2v) is 5.55. The Bertz CT molecular complexity index is 434. The van der Waals surface area contributed by atoms with Crippen LogP contribution in [0, 0.1) is 0 Å². The van der Waals surface area contributed by atoms with Crippen molar-refractivity contribution < 1.29 is 14.7 Å². The molecule has 0 unspecified atom stereocenters. The van der Waals surface area contributed by atoms with Gasteiger partial charge in [0, 0.05) is 29.5 Å². The molecule has 0 aliphatic carbocycles. The molecule has 18 heavy (non-hydrogen) atoms. The third-order valence-electron chi connectivity index (χ3n) is 2.19. The molecule has 1 amide bonds. The largest absolute Gasteiger partial charge is 0.481 e. The fraction of sp³-hybridized carbons (Fsp3) is 0.455.